The lowest BCUT2D eigenvalue weighted by atomic mass is 10.2. The van der Waals surface area contributed by atoms with Crippen molar-refractivity contribution in [1.29, 1.82) is 5.26 Å². The minimum Gasteiger partial charge on any atom is -0.312 e. The van der Waals surface area contributed by atoms with Gasteiger partial charge in [0.05, 0.1) is 6.07 Å². The van der Waals surface area contributed by atoms with Crippen LogP contribution in [0.4, 0.5) is 0 Å². The van der Waals surface area contributed by atoms with E-state index >= 15 is 0 Å². The third kappa shape index (κ3) is 3.64. The standard InChI is InChI=1S/C8H14N2S/c9-4-2-5-10-8-3-1-6-11-7-8/h8,10H,1-3,5-7H2. The second kappa shape index (κ2) is 5.45. The number of nitrogens with zero attached hydrogens (tertiary/aromatic N) is 1. The molecule has 1 aliphatic heterocycles. The molecule has 1 fully saturated rings. The highest BCUT2D eigenvalue weighted by Crippen LogP contribution is 2.16. The lowest BCUT2D eigenvalue weighted by Gasteiger charge is -2.21. The van der Waals surface area contributed by atoms with E-state index in [2.05, 4.69) is 11.4 Å². The fourth-order valence-electron chi connectivity index (χ4n) is 1.23. The molecule has 62 valence electrons. The van der Waals surface area contributed by atoms with E-state index in [-0.39, 0.29) is 0 Å². The molecule has 2 nitrogen and oxygen atoms in total. The first-order chi connectivity index (χ1) is 5.43. The van der Waals surface area contributed by atoms with Crippen molar-refractivity contribution in [2.24, 2.45) is 0 Å². The maximum absolute atomic E-state index is 8.30. The number of thioether (sulfide) groups is 1. The summed E-state index contributed by atoms with van der Waals surface area (Å²) in [6.07, 6.45) is 3.26. The molecule has 1 atom stereocenters. The second-order valence-electron chi connectivity index (χ2n) is 2.78. The van der Waals surface area contributed by atoms with E-state index in [1.807, 2.05) is 11.8 Å². The zero-order valence-electron chi connectivity index (χ0n) is 6.68. The van der Waals surface area contributed by atoms with Gasteiger partial charge in [0.15, 0.2) is 0 Å². The number of hydrogen-bond acceptors (Lipinski definition) is 3. The first-order valence-corrected chi connectivity index (χ1v) is 5.27. The summed E-state index contributed by atoms with van der Waals surface area (Å²) >= 11 is 2.02. The van der Waals surface area contributed by atoms with Crippen molar-refractivity contribution in [1.82, 2.24) is 5.32 Å². The van der Waals surface area contributed by atoms with Gasteiger partial charge < -0.3 is 5.32 Å². The molecule has 1 unspecified atom stereocenters. The minimum atomic E-state index is 0.640. The highest BCUT2D eigenvalue weighted by Gasteiger charge is 2.11. The van der Waals surface area contributed by atoms with Crippen LogP contribution in [0.25, 0.3) is 0 Å². The Labute approximate surface area is 72.4 Å². The normalized spacial score (nSPS) is 24.5. The van der Waals surface area contributed by atoms with Gasteiger partial charge in [0.25, 0.3) is 0 Å². The first-order valence-electron chi connectivity index (χ1n) is 4.11. The van der Waals surface area contributed by atoms with Gasteiger partial charge in [-0.2, -0.15) is 17.0 Å². The van der Waals surface area contributed by atoms with E-state index in [0.717, 1.165) is 6.54 Å². The average Bonchev–Trinajstić information content (AvgIpc) is 2.07. The van der Waals surface area contributed by atoms with E-state index in [1.54, 1.807) is 0 Å². The van der Waals surface area contributed by atoms with Gasteiger partial charge in [-0.3, -0.25) is 0 Å². The SMILES string of the molecule is N#CCCNC1CCCSC1. The molecule has 0 aromatic heterocycles. The van der Waals surface area contributed by atoms with Crippen LogP contribution < -0.4 is 5.32 Å². The molecule has 11 heavy (non-hydrogen) atoms. The van der Waals surface area contributed by atoms with Gasteiger partial charge in [-0.15, -0.1) is 0 Å². The van der Waals surface area contributed by atoms with Crippen LogP contribution in [0.3, 0.4) is 0 Å². The zero-order valence-corrected chi connectivity index (χ0v) is 7.49. The van der Waals surface area contributed by atoms with Crippen LogP contribution in [0.2, 0.25) is 0 Å². The van der Waals surface area contributed by atoms with Crippen LogP contribution in [0.5, 0.6) is 0 Å². The lowest BCUT2D eigenvalue weighted by molar-refractivity contribution is 0.515. The maximum Gasteiger partial charge on any atom is 0.0635 e. The molecule has 0 aromatic carbocycles. The summed E-state index contributed by atoms with van der Waals surface area (Å²) in [5, 5.41) is 11.7. The average molecular weight is 170 g/mol. The number of nitriles is 1. The molecule has 1 N–H and O–H groups in total. The molecule has 3 heteroatoms. The van der Waals surface area contributed by atoms with Crippen molar-refractivity contribution >= 4 is 11.8 Å². The Kier molecular flexibility index (Phi) is 4.41. The Bertz CT molecular complexity index is 136. The molecule has 0 amide bonds. The zero-order chi connectivity index (χ0) is 7.94. The number of rotatable bonds is 3. The summed E-state index contributed by atoms with van der Waals surface area (Å²) in [7, 11) is 0. The van der Waals surface area contributed by atoms with Crippen molar-refractivity contribution in [3.05, 3.63) is 0 Å². The molecule has 1 saturated heterocycles. The molecule has 0 spiro atoms. The van der Waals surface area contributed by atoms with Crippen molar-refractivity contribution in [3.63, 3.8) is 0 Å². The van der Waals surface area contributed by atoms with E-state index in [0.29, 0.717) is 12.5 Å². The Morgan fingerprint density at radius 3 is 3.18 bits per heavy atom. The smallest absolute Gasteiger partial charge is 0.0635 e. The third-order valence-corrected chi connectivity index (χ3v) is 3.05. The molecule has 0 radical (unpaired) electrons. The molecule has 0 aliphatic carbocycles. The third-order valence-electron chi connectivity index (χ3n) is 1.83. The van der Waals surface area contributed by atoms with E-state index in [1.165, 1.54) is 24.3 Å². The van der Waals surface area contributed by atoms with Gasteiger partial charge in [0.1, 0.15) is 0 Å². The molecule has 1 heterocycles. The van der Waals surface area contributed by atoms with E-state index in [9.17, 15) is 0 Å². The Morgan fingerprint density at radius 1 is 1.64 bits per heavy atom. The van der Waals surface area contributed by atoms with Gasteiger partial charge in [-0.1, -0.05) is 0 Å². The first kappa shape index (κ1) is 8.89. The highest BCUT2D eigenvalue weighted by atomic mass is 32.2. The van der Waals surface area contributed by atoms with Crippen LogP contribution >= 0.6 is 11.8 Å². The quantitative estimate of drug-likeness (QED) is 0.650. The van der Waals surface area contributed by atoms with Gasteiger partial charge in [-0.25, -0.2) is 0 Å². The molecule has 0 bridgehead atoms. The second-order valence-corrected chi connectivity index (χ2v) is 3.93. The van der Waals surface area contributed by atoms with Crippen LogP contribution in [0.1, 0.15) is 19.3 Å². The summed E-state index contributed by atoms with van der Waals surface area (Å²) < 4.78 is 0. The van der Waals surface area contributed by atoms with E-state index < -0.39 is 0 Å². The molecule has 0 saturated carbocycles. The Morgan fingerprint density at radius 2 is 2.55 bits per heavy atom. The monoisotopic (exact) mass is 170 g/mol. The highest BCUT2D eigenvalue weighted by molar-refractivity contribution is 7.99. The molecule has 1 rings (SSSR count). The van der Waals surface area contributed by atoms with E-state index in [4.69, 9.17) is 5.26 Å². The van der Waals surface area contributed by atoms with Crippen LogP contribution in [0.15, 0.2) is 0 Å². The topological polar surface area (TPSA) is 35.8 Å². The molecular formula is C8H14N2S. The Hall–Kier alpha value is -0.200. The Balaban J connectivity index is 2.01. The summed E-state index contributed by atoms with van der Waals surface area (Å²) in [4.78, 5) is 0. The van der Waals surface area contributed by atoms with Crippen LogP contribution in [-0.4, -0.2) is 24.1 Å². The molecule has 0 aromatic rings. The van der Waals surface area contributed by atoms with Crippen molar-refractivity contribution in [3.8, 4) is 6.07 Å². The predicted molar refractivity (Wildman–Crippen MR) is 48.6 cm³/mol. The van der Waals surface area contributed by atoms with Crippen LogP contribution in [-0.2, 0) is 0 Å². The van der Waals surface area contributed by atoms with Crippen molar-refractivity contribution < 1.29 is 0 Å². The fraction of sp³-hybridized carbons (Fsp3) is 0.875. The molecule has 1 aliphatic rings. The van der Waals surface area contributed by atoms with Crippen LogP contribution in [0, 0.1) is 11.3 Å². The summed E-state index contributed by atoms with van der Waals surface area (Å²) in [6, 6.07) is 2.81. The van der Waals surface area contributed by atoms with Gasteiger partial charge >= 0.3 is 0 Å². The predicted octanol–water partition coefficient (Wildman–Crippen LogP) is 1.39. The van der Waals surface area contributed by atoms with Crippen molar-refractivity contribution in [2.75, 3.05) is 18.1 Å². The summed E-state index contributed by atoms with van der Waals surface area (Å²) in [5.41, 5.74) is 0. The maximum atomic E-state index is 8.30. The lowest BCUT2D eigenvalue weighted by Crippen LogP contribution is -2.34. The summed E-state index contributed by atoms with van der Waals surface area (Å²) in [6.45, 7) is 0.863. The minimum absolute atomic E-state index is 0.640. The fourth-order valence-corrected chi connectivity index (χ4v) is 2.34. The largest absolute Gasteiger partial charge is 0.312 e. The number of hydrogen-bond donors (Lipinski definition) is 1. The number of nitrogens with one attached hydrogen (secondary N) is 1. The van der Waals surface area contributed by atoms with Gasteiger partial charge in [0, 0.05) is 24.8 Å². The van der Waals surface area contributed by atoms with Gasteiger partial charge in [0.2, 0.25) is 0 Å². The van der Waals surface area contributed by atoms with Gasteiger partial charge in [-0.05, 0) is 18.6 Å². The molecular weight excluding hydrogens is 156 g/mol. The summed E-state index contributed by atoms with van der Waals surface area (Å²) in [5.74, 6) is 2.54. The van der Waals surface area contributed by atoms with Crippen molar-refractivity contribution in [2.45, 2.75) is 25.3 Å².